The lowest BCUT2D eigenvalue weighted by atomic mass is 10.1. The van der Waals surface area contributed by atoms with Crippen LogP contribution in [-0.4, -0.2) is 6.04 Å². The Morgan fingerprint density at radius 3 is 1.08 bits per heavy atom. The summed E-state index contributed by atoms with van der Waals surface area (Å²) in [7, 11) is 0. The molecule has 1 atom stereocenters. The van der Waals surface area contributed by atoms with Gasteiger partial charge in [0.2, 0.25) is 0 Å². The molecule has 0 aromatic heterocycles. The van der Waals surface area contributed by atoms with E-state index in [2.05, 4.69) is 100 Å². The molecule has 0 saturated heterocycles. The Morgan fingerprint density at radius 1 is 0.431 bits per heavy atom. The predicted octanol–water partition coefficient (Wildman–Crippen LogP) is 11.7. The van der Waals surface area contributed by atoms with Crippen molar-refractivity contribution < 1.29 is 13.2 Å². The van der Waals surface area contributed by atoms with Crippen LogP contribution in [0.25, 0.3) is 32.3 Å². The summed E-state index contributed by atoms with van der Waals surface area (Å²) in [6.45, 7) is 4.36. The summed E-state index contributed by atoms with van der Waals surface area (Å²) in [5.74, 6) is 0. The Labute approximate surface area is 294 Å². The highest BCUT2D eigenvalue weighted by Gasteiger charge is 2.30. The molecule has 0 fully saturated rings. The van der Waals surface area contributed by atoms with Gasteiger partial charge in [0.15, 0.2) is 0 Å². The van der Waals surface area contributed by atoms with Crippen LogP contribution in [0, 0.1) is 0 Å². The molecule has 51 heavy (non-hydrogen) atoms. The SMILES string of the molecule is CCC(C)Nc1ccc(NNc2ccc(NNc3ccc(NNc4ccc(C(F)(F)F)cc4)c4ccccc34)c3ccccc23)c2ccccc12. The lowest BCUT2D eigenvalue weighted by molar-refractivity contribution is -0.137. The first-order valence-corrected chi connectivity index (χ1v) is 16.8. The highest BCUT2D eigenvalue weighted by Crippen LogP contribution is 2.35. The monoisotopic (exact) mass is 685 g/mol. The van der Waals surface area contributed by atoms with Crippen LogP contribution in [0.2, 0.25) is 0 Å². The second kappa shape index (κ2) is 14.3. The van der Waals surface area contributed by atoms with Crippen molar-refractivity contribution in [3.05, 3.63) is 139 Å². The molecule has 0 bridgehead atoms. The van der Waals surface area contributed by atoms with Crippen molar-refractivity contribution in [1.29, 1.82) is 0 Å². The number of alkyl halides is 3. The van der Waals surface area contributed by atoms with Gasteiger partial charge in [-0.1, -0.05) is 79.7 Å². The number of hydrogen-bond acceptors (Lipinski definition) is 7. The van der Waals surface area contributed by atoms with Gasteiger partial charge in [-0.3, -0.25) is 0 Å². The van der Waals surface area contributed by atoms with E-state index in [4.69, 9.17) is 0 Å². The fraction of sp³-hybridized carbons (Fsp3) is 0.122. The number of nitrogens with one attached hydrogen (secondary N) is 7. The fourth-order valence-corrected chi connectivity index (χ4v) is 6.09. The van der Waals surface area contributed by atoms with Gasteiger partial charge in [0.1, 0.15) is 0 Å². The van der Waals surface area contributed by atoms with Crippen LogP contribution in [0.15, 0.2) is 133 Å². The Morgan fingerprint density at radius 2 is 0.745 bits per heavy atom. The van der Waals surface area contributed by atoms with E-state index in [0.29, 0.717) is 11.7 Å². The van der Waals surface area contributed by atoms with Gasteiger partial charge in [-0.15, -0.1) is 0 Å². The predicted molar refractivity (Wildman–Crippen MR) is 208 cm³/mol. The van der Waals surface area contributed by atoms with E-state index in [1.165, 1.54) is 12.1 Å². The molecule has 0 aliphatic carbocycles. The minimum Gasteiger partial charge on any atom is -0.382 e. The van der Waals surface area contributed by atoms with Gasteiger partial charge in [-0.05, 0) is 74.0 Å². The van der Waals surface area contributed by atoms with Crippen LogP contribution < -0.4 is 37.9 Å². The number of rotatable bonds is 12. The smallest absolute Gasteiger partial charge is 0.382 e. The maximum atomic E-state index is 13.0. The van der Waals surface area contributed by atoms with Crippen LogP contribution in [0.1, 0.15) is 25.8 Å². The van der Waals surface area contributed by atoms with Crippen molar-refractivity contribution in [2.75, 3.05) is 37.9 Å². The van der Waals surface area contributed by atoms with Crippen molar-refractivity contribution in [3.8, 4) is 0 Å². The van der Waals surface area contributed by atoms with Gasteiger partial charge >= 0.3 is 6.18 Å². The maximum Gasteiger partial charge on any atom is 0.416 e. The Balaban J connectivity index is 1.07. The second-order valence-corrected chi connectivity index (χ2v) is 12.4. The van der Waals surface area contributed by atoms with Gasteiger partial charge in [0.25, 0.3) is 0 Å². The van der Waals surface area contributed by atoms with Gasteiger partial charge in [0, 0.05) is 44.0 Å². The maximum absolute atomic E-state index is 13.0. The Hall–Kier alpha value is -6.29. The summed E-state index contributed by atoms with van der Waals surface area (Å²) in [6.07, 6.45) is -3.34. The molecule has 0 radical (unpaired) electrons. The molecule has 0 aliphatic rings. The number of fused-ring (bicyclic) bond motifs is 3. The van der Waals surface area contributed by atoms with E-state index in [-0.39, 0.29) is 0 Å². The highest BCUT2D eigenvalue weighted by molar-refractivity contribution is 6.06. The van der Waals surface area contributed by atoms with E-state index in [9.17, 15) is 13.2 Å². The highest BCUT2D eigenvalue weighted by atomic mass is 19.4. The number of halogens is 3. The third kappa shape index (κ3) is 7.21. The van der Waals surface area contributed by atoms with Gasteiger partial charge in [-0.25, -0.2) is 0 Å². The van der Waals surface area contributed by atoms with Gasteiger partial charge in [-0.2, -0.15) is 13.2 Å². The largest absolute Gasteiger partial charge is 0.416 e. The zero-order valence-electron chi connectivity index (χ0n) is 28.1. The number of hydrazine groups is 3. The molecule has 7 rings (SSSR count). The molecule has 0 saturated carbocycles. The lowest BCUT2D eigenvalue weighted by Gasteiger charge is -2.20. The number of benzene rings is 7. The van der Waals surface area contributed by atoms with Crippen LogP contribution in [0.4, 0.5) is 53.0 Å². The van der Waals surface area contributed by atoms with E-state index in [1.807, 2.05) is 60.7 Å². The first-order valence-electron chi connectivity index (χ1n) is 16.8. The van der Waals surface area contributed by atoms with Crippen molar-refractivity contribution in [2.45, 2.75) is 32.5 Å². The molecule has 1 unspecified atom stereocenters. The molecule has 0 amide bonds. The van der Waals surface area contributed by atoms with E-state index in [0.717, 1.165) is 85.0 Å². The van der Waals surface area contributed by atoms with Crippen molar-refractivity contribution in [1.82, 2.24) is 0 Å². The summed E-state index contributed by atoms with van der Waals surface area (Å²) in [5, 5.41) is 9.84. The van der Waals surface area contributed by atoms with Gasteiger partial charge < -0.3 is 37.9 Å². The standard InChI is InChI=1S/C41H38F3N7/c1-3-26(2)45-35-20-21-37(30-11-5-4-10-29(30)35)48-49-39-24-25-40(34-15-9-8-14-33(34)39)51-50-38-23-22-36(31-12-6-7-13-32(31)38)47-46-28-18-16-27(17-19-28)41(42,43)44/h4-26,45-51H,3H2,1-2H3. The van der Waals surface area contributed by atoms with Crippen LogP contribution in [0.5, 0.6) is 0 Å². The molecule has 7 N–H and O–H groups in total. The van der Waals surface area contributed by atoms with Crippen molar-refractivity contribution >= 4 is 72.1 Å². The Kier molecular flexibility index (Phi) is 9.30. The van der Waals surface area contributed by atoms with Crippen molar-refractivity contribution in [3.63, 3.8) is 0 Å². The normalized spacial score (nSPS) is 12.0. The minimum absolute atomic E-state index is 0.374. The zero-order chi connectivity index (χ0) is 35.4. The average molecular weight is 686 g/mol. The summed E-state index contributed by atoms with van der Waals surface area (Å²) < 4.78 is 38.9. The molecule has 7 aromatic rings. The molecule has 7 nitrogen and oxygen atoms in total. The fourth-order valence-electron chi connectivity index (χ4n) is 6.09. The number of hydrogen-bond donors (Lipinski definition) is 7. The molecule has 7 aromatic carbocycles. The first kappa shape index (κ1) is 33.2. The third-order valence-corrected chi connectivity index (χ3v) is 9.00. The van der Waals surface area contributed by atoms with E-state index < -0.39 is 11.7 Å². The summed E-state index contributed by atoms with van der Waals surface area (Å²) in [4.78, 5) is 0. The number of anilines is 7. The molecular formula is C41H38F3N7. The molecule has 10 heteroatoms. The first-order chi connectivity index (χ1) is 24.8. The van der Waals surface area contributed by atoms with Gasteiger partial charge in [0.05, 0.1) is 39.7 Å². The van der Waals surface area contributed by atoms with E-state index in [1.54, 1.807) is 0 Å². The third-order valence-electron chi connectivity index (χ3n) is 9.00. The van der Waals surface area contributed by atoms with Crippen LogP contribution in [-0.2, 0) is 6.18 Å². The summed E-state index contributed by atoms with van der Waals surface area (Å²) in [5.41, 5.74) is 25.2. The molecular weight excluding hydrogens is 647 g/mol. The average Bonchev–Trinajstić information content (AvgIpc) is 3.16. The topological polar surface area (TPSA) is 84.2 Å². The molecule has 0 aliphatic heterocycles. The minimum atomic E-state index is -4.38. The summed E-state index contributed by atoms with van der Waals surface area (Å²) in [6, 6.07) is 41.9. The summed E-state index contributed by atoms with van der Waals surface area (Å²) >= 11 is 0. The lowest BCUT2D eigenvalue weighted by Crippen LogP contribution is -2.14. The van der Waals surface area contributed by atoms with Crippen molar-refractivity contribution in [2.24, 2.45) is 0 Å². The van der Waals surface area contributed by atoms with E-state index >= 15 is 0 Å². The Bertz CT molecular complexity index is 2310. The van der Waals surface area contributed by atoms with Crippen LogP contribution >= 0.6 is 0 Å². The quantitative estimate of drug-likeness (QED) is 0.0645. The second-order valence-electron chi connectivity index (χ2n) is 12.4. The molecule has 258 valence electrons. The zero-order valence-corrected chi connectivity index (χ0v) is 28.1. The molecule has 0 spiro atoms. The molecule has 0 heterocycles. The van der Waals surface area contributed by atoms with Crippen LogP contribution in [0.3, 0.4) is 0 Å².